The highest BCUT2D eigenvalue weighted by molar-refractivity contribution is 5.79. The molecule has 0 aliphatic carbocycles. The summed E-state index contributed by atoms with van der Waals surface area (Å²) in [6.45, 7) is 4.13. The number of rotatable bonds is 6. The number of hydrogen-bond donors (Lipinski definition) is 1. The molecule has 7 heteroatoms. The number of carbonyl (C=O) groups excluding carboxylic acids is 1. The molecular formula is C23H25N5O2. The second kappa shape index (κ2) is 8.10. The lowest BCUT2D eigenvalue weighted by Gasteiger charge is -2.21. The van der Waals surface area contributed by atoms with E-state index in [1.807, 2.05) is 41.9 Å². The summed E-state index contributed by atoms with van der Waals surface area (Å²) < 4.78 is 3.37. The highest BCUT2D eigenvalue weighted by Gasteiger charge is 2.22. The second-order valence-electron chi connectivity index (χ2n) is 7.96. The van der Waals surface area contributed by atoms with Gasteiger partial charge < -0.3 is 9.88 Å². The fraction of sp³-hybridized carbons (Fsp3) is 0.304. The molecular weight excluding hydrogens is 378 g/mol. The van der Waals surface area contributed by atoms with Crippen LogP contribution in [0.1, 0.15) is 32.1 Å². The number of fused-ring (bicyclic) bond motifs is 2. The molecule has 1 N–H and O–H groups in total. The number of hydrogen-bond acceptors (Lipinski definition) is 4. The number of benzene rings is 2. The van der Waals surface area contributed by atoms with Crippen molar-refractivity contribution >= 4 is 27.8 Å². The summed E-state index contributed by atoms with van der Waals surface area (Å²) in [6.07, 6.45) is 2.17. The minimum absolute atomic E-state index is 0.0881. The van der Waals surface area contributed by atoms with Gasteiger partial charge in [-0.2, -0.15) is 0 Å². The summed E-state index contributed by atoms with van der Waals surface area (Å²) >= 11 is 0. The summed E-state index contributed by atoms with van der Waals surface area (Å²) in [5.74, 6) is 0.925. The average molecular weight is 403 g/mol. The molecule has 0 radical (unpaired) electrons. The van der Waals surface area contributed by atoms with Gasteiger partial charge >= 0.3 is 0 Å². The number of nitrogens with zero attached hydrogens (tertiary/aromatic N) is 4. The van der Waals surface area contributed by atoms with Crippen molar-refractivity contribution in [3.05, 3.63) is 71.0 Å². The topological polar surface area (TPSA) is 81.8 Å². The van der Waals surface area contributed by atoms with Crippen LogP contribution < -0.4 is 10.9 Å². The monoisotopic (exact) mass is 403 g/mol. The van der Waals surface area contributed by atoms with Gasteiger partial charge in [0.2, 0.25) is 5.91 Å². The third-order valence-electron chi connectivity index (χ3n) is 5.22. The maximum atomic E-state index is 12.9. The zero-order valence-electron chi connectivity index (χ0n) is 17.4. The third kappa shape index (κ3) is 3.83. The van der Waals surface area contributed by atoms with Gasteiger partial charge in [-0.1, -0.05) is 38.1 Å². The second-order valence-corrected chi connectivity index (χ2v) is 7.96. The van der Waals surface area contributed by atoms with E-state index in [4.69, 9.17) is 4.98 Å². The lowest BCUT2D eigenvalue weighted by Crippen LogP contribution is -2.36. The van der Waals surface area contributed by atoms with E-state index in [1.54, 1.807) is 18.2 Å². The number of aromatic nitrogens is 4. The predicted octanol–water partition coefficient (Wildman–Crippen LogP) is 3.19. The highest BCUT2D eigenvalue weighted by atomic mass is 16.2. The maximum absolute atomic E-state index is 12.9. The van der Waals surface area contributed by atoms with Crippen molar-refractivity contribution in [3.8, 4) is 0 Å². The molecule has 4 aromatic rings. The molecule has 7 nitrogen and oxygen atoms in total. The van der Waals surface area contributed by atoms with E-state index in [0.717, 1.165) is 23.3 Å². The van der Waals surface area contributed by atoms with Gasteiger partial charge in [0.1, 0.15) is 12.4 Å². The Bertz CT molecular complexity index is 1270. The molecule has 1 unspecified atom stereocenters. The van der Waals surface area contributed by atoms with Crippen molar-refractivity contribution in [2.45, 2.75) is 32.9 Å². The molecule has 0 saturated carbocycles. The van der Waals surface area contributed by atoms with Gasteiger partial charge in [0.15, 0.2) is 0 Å². The molecule has 0 spiro atoms. The Hall–Kier alpha value is -3.48. The number of para-hydroxylation sites is 3. The summed E-state index contributed by atoms with van der Waals surface area (Å²) in [5, 5.41) is 3.58. The van der Waals surface area contributed by atoms with Gasteiger partial charge in [-0.05, 0) is 36.6 Å². The zero-order chi connectivity index (χ0) is 21.3. The predicted molar refractivity (Wildman–Crippen MR) is 117 cm³/mol. The summed E-state index contributed by atoms with van der Waals surface area (Å²) in [6, 6.07) is 14.8. The Labute approximate surface area is 174 Å². The normalized spacial score (nSPS) is 12.5. The fourth-order valence-corrected chi connectivity index (χ4v) is 3.79. The van der Waals surface area contributed by atoms with E-state index >= 15 is 0 Å². The first kappa shape index (κ1) is 19.8. The molecule has 0 fully saturated rings. The van der Waals surface area contributed by atoms with E-state index < -0.39 is 0 Å². The van der Waals surface area contributed by atoms with Crippen LogP contribution in [-0.2, 0) is 18.4 Å². The van der Waals surface area contributed by atoms with E-state index in [2.05, 4.69) is 24.1 Å². The molecule has 1 atom stereocenters. The van der Waals surface area contributed by atoms with Crippen molar-refractivity contribution in [2.24, 2.45) is 13.0 Å². The molecule has 4 rings (SSSR count). The summed E-state index contributed by atoms with van der Waals surface area (Å²) in [5.41, 5.74) is 2.31. The third-order valence-corrected chi connectivity index (χ3v) is 5.22. The number of imidazole rings is 1. The first-order valence-corrected chi connectivity index (χ1v) is 10.1. The minimum Gasteiger partial charge on any atom is -0.345 e. The molecule has 0 aliphatic heterocycles. The van der Waals surface area contributed by atoms with E-state index in [-0.39, 0.29) is 24.1 Å². The average Bonchev–Trinajstić information content (AvgIpc) is 3.06. The Balaban J connectivity index is 1.60. The Morgan fingerprint density at radius 3 is 2.50 bits per heavy atom. The Morgan fingerprint density at radius 2 is 1.77 bits per heavy atom. The molecule has 1 amide bonds. The molecule has 0 saturated heterocycles. The van der Waals surface area contributed by atoms with Crippen molar-refractivity contribution in [1.82, 2.24) is 24.4 Å². The Morgan fingerprint density at radius 1 is 1.07 bits per heavy atom. The standard InChI is InChI=1S/C23H25N5O2/c1-15(2)12-19(22-26-18-10-6-7-11-20(18)27(22)3)25-21(29)13-28-14-24-17-9-5-4-8-16(17)23(28)30/h4-11,14-15,19H,12-13H2,1-3H3,(H,25,29). The summed E-state index contributed by atoms with van der Waals surface area (Å²) in [7, 11) is 1.96. The molecule has 154 valence electrons. The van der Waals surface area contributed by atoms with Gasteiger partial charge in [0, 0.05) is 7.05 Å². The molecule has 0 aliphatic rings. The van der Waals surface area contributed by atoms with E-state index in [1.165, 1.54) is 10.9 Å². The van der Waals surface area contributed by atoms with E-state index in [9.17, 15) is 9.59 Å². The van der Waals surface area contributed by atoms with Crippen molar-refractivity contribution in [1.29, 1.82) is 0 Å². The highest BCUT2D eigenvalue weighted by Crippen LogP contribution is 2.24. The number of amides is 1. The van der Waals surface area contributed by atoms with Gasteiger partial charge in [0.05, 0.1) is 34.3 Å². The first-order valence-electron chi connectivity index (χ1n) is 10.1. The zero-order valence-corrected chi connectivity index (χ0v) is 17.4. The Kier molecular flexibility index (Phi) is 5.35. The minimum atomic E-state index is -0.251. The van der Waals surface area contributed by atoms with Crippen molar-refractivity contribution < 1.29 is 4.79 Å². The van der Waals surface area contributed by atoms with Crippen LogP contribution in [0.25, 0.3) is 21.9 Å². The van der Waals surface area contributed by atoms with Gasteiger partial charge in [-0.15, -0.1) is 0 Å². The van der Waals surface area contributed by atoms with Gasteiger partial charge in [0.25, 0.3) is 5.56 Å². The van der Waals surface area contributed by atoms with Crippen LogP contribution in [0, 0.1) is 5.92 Å². The lowest BCUT2D eigenvalue weighted by molar-refractivity contribution is -0.122. The van der Waals surface area contributed by atoms with Crippen LogP contribution >= 0.6 is 0 Å². The van der Waals surface area contributed by atoms with Crippen molar-refractivity contribution in [3.63, 3.8) is 0 Å². The molecule has 2 heterocycles. The maximum Gasteiger partial charge on any atom is 0.261 e. The van der Waals surface area contributed by atoms with Crippen molar-refractivity contribution in [2.75, 3.05) is 0 Å². The van der Waals surface area contributed by atoms with Crippen LogP contribution in [0.4, 0.5) is 0 Å². The van der Waals surface area contributed by atoms with E-state index in [0.29, 0.717) is 16.8 Å². The SMILES string of the molecule is CC(C)CC(NC(=O)Cn1cnc2ccccc2c1=O)c1nc2ccccc2n1C. The van der Waals surface area contributed by atoms with Gasteiger partial charge in [-0.25, -0.2) is 9.97 Å². The number of carbonyl (C=O) groups is 1. The van der Waals surface area contributed by atoms with Crippen LogP contribution in [0.2, 0.25) is 0 Å². The largest absolute Gasteiger partial charge is 0.345 e. The summed E-state index contributed by atoms with van der Waals surface area (Å²) in [4.78, 5) is 34.6. The molecule has 2 aromatic carbocycles. The number of nitrogens with one attached hydrogen (secondary N) is 1. The van der Waals surface area contributed by atoms with Crippen LogP contribution in [0.5, 0.6) is 0 Å². The quantitative estimate of drug-likeness (QED) is 0.536. The van der Waals surface area contributed by atoms with Crippen LogP contribution in [0.15, 0.2) is 59.7 Å². The number of aryl methyl sites for hydroxylation is 1. The smallest absolute Gasteiger partial charge is 0.261 e. The fourth-order valence-electron chi connectivity index (χ4n) is 3.79. The molecule has 0 bridgehead atoms. The van der Waals surface area contributed by atoms with Crippen LogP contribution in [0.3, 0.4) is 0 Å². The lowest BCUT2D eigenvalue weighted by atomic mass is 10.0. The molecule has 30 heavy (non-hydrogen) atoms. The van der Waals surface area contributed by atoms with Gasteiger partial charge in [-0.3, -0.25) is 14.2 Å². The first-order chi connectivity index (χ1) is 14.4. The molecule has 2 aromatic heterocycles. The van der Waals surface area contributed by atoms with Crippen LogP contribution in [-0.4, -0.2) is 25.0 Å².